The monoisotopic (exact) mass is 492 g/mol. The zero-order valence-corrected chi connectivity index (χ0v) is 18.1. The smallest absolute Gasteiger partial charge is 0.321 e. The van der Waals surface area contributed by atoms with Crippen LogP contribution in [0.15, 0.2) is 48.5 Å². The van der Waals surface area contributed by atoms with Gasteiger partial charge in [0.15, 0.2) is 0 Å². The highest BCUT2D eigenvalue weighted by Gasteiger charge is 2.19. The molecule has 1 aliphatic heterocycles. The van der Waals surface area contributed by atoms with Crippen LogP contribution in [0.25, 0.3) is 0 Å². The van der Waals surface area contributed by atoms with E-state index in [1.165, 1.54) is 12.5 Å². The molecular weight excluding hydrogens is 467 g/mol. The number of rotatable bonds is 4. The molecule has 1 heterocycles. The number of nitrogens with zero attached hydrogens (tertiary/aromatic N) is 2. The molecule has 2 aromatic carbocycles. The number of benzene rings is 2. The van der Waals surface area contributed by atoms with Crippen molar-refractivity contribution in [2.24, 2.45) is 0 Å². The van der Waals surface area contributed by atoms with E-state index in [0.717, 1.165) is 47.5 Å². The topological polar surface area (TPSA) is 64.7 Å². The van der Waals surface area contributed by atoms with Gasteiger partial charge in [-0.1, -0.05) is 24.3 Å². The molecule has 2 aromatic rings. The van der Waals surface area contributed by atoms with E-state index >= 15 is 0 Å². The summed E-state index contributed by atoms with van der Waals surface area (Å²) in [4.78, 5) is 28.0. The molecule has 148 valence electrons. The summed E-state index contributed by atoms with van der Waals surface area (Å²) in [6.07, 6.45) is 0.948. The van der Waals surface area contributed by atoms with Gasteiger partial charge in [0.05, 0.1) is 5.69 Å². The third-order valence-electron chi connectivity index (χ3n) is 4.67. The number of carbonyl (C=O) groups is 2. The summed E-state index contributed by atoms with van der Waals surface area (Å²) in [6.45, 7) is 5.61. The van der Waals surface area contributed by atoms with Crippen LogP contribution in [0.2, 0.25) is 0 Å². The van der Waals surface area contributed by atoms with Crippen molar-refractivity contribution in [2.45, 2.75) is 19.9 Å². The van der Waals surface area contributed by atoms with E-state index in [2.05, 4.69) is 38.1 Å². The van der Waals surface area contributed by atoms with Gasteiger partial charge in [-0.2, -0.15) is 0 Å². The van der Waals surface area contributed by atoms with Gasteiger partial charge >= 0.3 is 6.03 Å². The largest absolute Gasteiger partial charge is 0.326 e. The molecule has 0 bridgehead atoms. The number of amides is 3. The van der Waals surface area contributed by atoms with Crippen LogP contribution in [-0.4, -0.2) is 47.9 Å². The van der Waals surface area contributed by atoms with Crippen molar-refractivity contribution in [3.8, 4) is 0 Å². The Balaban J connectivity index is 1.52. The highest BCUT2D eigenvalue weighted by atomic mass is 127. The molecule has 0 saturated carbocycles. The number of para-hydroxylation sites is 1. The van der Waals surface area contributed by atoms with Crippen molar-refractivity contribution in [3.05, 3.63) is 57.7 Å². The van der Waals surface area contributed by atoms with Crippen molar-refractivity contribution < 1.29 is 9.59 Å². The molecular formula is C21H25IN4O2. The van der Waals surface area contributed by atoms with Crippen LogP contribution in [0.3, 0.4) is 0 Å². The van der Waals surface area contributed by atoms with Crippen molar-refractivity contribution in [1.82, 2.24) is 9.80 Å². The number of halogens is 1. The predicted molar refractivity (Wildman–Crippen MR) is 120 cm³/mol. The first kappa shape index (κ1) is 20.6. The Morgan fingerprint density at radius 3 is 2.43 bits per heavy atom. The van der Waals surface area contributed by atoms with Crippen molar-refractivity contribution >= 4 is 45.9 Å². The molecule has 28 heavy (non-hydrogen) atoms. The molecule has 0 spiro atoms. The second-order valence-electron chi connectivity index (χ2n) is 6.90. The molecule has 0 unspecified atom stereocenters. The Morgan fingerprint density at radius 2 is 1.71 bits per heavy atom. The number of carbonyl (C=O) groups excluding carboxylic acids is 2. The number of anilines is 2. The second kappa shape index (κ2) is 9.88. The van der Waals surface area contributed by atoms with Crippen molar-refractivity contribution in [2.75, 3.05) is 36.8 Å². The number of hydrogen-bond donors (Lipinski definition) is 2. The predicted octanol–water partition coefficient (Wildman–Crippen LogP) is 3.99. The SMILES string of the molecule is CC(=O)Nc1ccc(CN2CCCN(C(=O)Nc3ccccc3I)CC2)cc1. The Kier molecular flexibility index (Phi) is 7.27. The van der Waals surface area contributed by atoms with Crippen LogP contribution in [0.4, 0.5) is 16.2 Å². The van der Waals surface area contributed by atoms with Crippen LogP contribution in [0, 0.1) is 3.57 Å². The molecule has 0 aliphatic carbocycles. The fraction of sp³-hybridized carbons (Fsp3) is 0.333. The fourth-order valence-corrected chi connectivity index (χ4v) is 3.77. The average Bonchev–Trinajstić information content (AvgIpc) is 2.90. The van der Waals surface area contributed by atoms with Gasteiger partial charge in [-0.05, 0) is 58.8 Å². The van der Waals surface area contributed by atoms with Gasteiger partial charge in [0.2, 0.25) is 5.91 Å². The first-order valence-electron chi connectivity index (χ1n) is 9.40. The van der Waals surface area contributed by atoms with Gasteiger partial charge < -0.3 is 15.5 Å². The van der Waals surface area contributed by atoms with E-state index < -0.39 is 0 Å². The second-order valence-corrected chi connectivity index (χ2v) is 8.07. The quantitative estimate of drug-likeness (QED) is 0.635. The summed E-state index contributed by atoms with van der Waals surface area (Å²) in [5, 5.41) is 5.80. The number of urea groups is 1. The first-order chi connectivity index (χ1) is 13.5. The summed E-state index contributed by atoms with van der Waals surface area (Å²) < 4.78 is 1.03. The Labute approximate surface area is 179 Å². The lowest BCUT2D eigenvalue weighted by Crippen LogP contribution is -2.38. The lowest BCUT2D eigenvalue weighted by Gasteiger charge is -2.22. The van der Waals surface area contributed by atoms with E-state index in [9.17, 15) is 9.59 Å². The zero-order chi connectivity index (χ0) is 19.9. The molecule has 1 aliphatic rings. The van der Waals surface area contributed by atoms with E-state index in [-0.39, 0.29) is 11.9 Å². The normalized spacial score (nSPS) is 15.0. The van der Waals surface area contributed by atoms with Crippen LogP contribution in [0.5, 0.6) is 0 Å². The van der Waals surface area contributed by atoms with Crippen molar-refractivity contribution in [3.63, 3.8) is 0 Å². The van der Waals surface area contributed by atoms with Gasteiger partial charge in [-0.15, -0.1) is 0 Å². The Hall–Kier alpha value is -2.13. The van der Waals surface area contributed by atoms with E-state index in [0.29, 0.717) is 6.54 Å². The lowest BCUT2D eigenvalue weighted by molar-refractivity contribution is -0.114. The molecule has 0 atom stereocenters. The van der Waals surface area contributed by atoms with Crippen LogP contribution in [-0.2, 0) is 11.3 Å². The summed E-state index contributed by atoms with van der Waals surface area (Å²) in [5.74, 6) is -0.0659. The van der Waals surface area contributed by atoms with E-state index in [4.69, 9.17) is 0 Å². The summed E-state index contributed by atoms with van der Waals surface area (Å²) in [7, 11) is 0. The van der Waals surface area contributed by atoms with Crippen LogP contribution in [0.1, 0.15) is 18.9 Å². The molecule has 6 nitrogen and oxygen atoms in total. The highest BCUT2D eigenvalue weighted by Crippen LogP contribution is 2.18. The summed E-state index contributed by atoms with van der Waals surface area (Å²) in [5.41, 5.74) is 2.87. The standard InChI is InChI=1S/C21H25IN4O2/c1-16(27)23-18-9-7-17(8-10-18)15-25-11-4-12-26(14-13-25)21(28)24-20-6-3-2-5-19(20)22/h2-3,5-10H,4,11-15H2,1H3,(H,23,27)(H,24,28). The summed E-state index contributed by atoms with van der Waals surface area (Å²) in [6, 6.07) is 15.7. The zero-order valence-electron chi connectivity index (χ0n) is 16.0. The lowest BCUT2D eigenvalue weighted by atomic mass is 10.2. The minimum atomic E-state index is -0.0659. The maximum Gasteiger partial charge on any atom is 0.321 e. The maximum absolute atomic E-state index is 12.6. The Bertz CT molecular complexity index is 825. The third-order valence-corrected chi connectivity index (χ3v) is 5.61. The van der Waals surface area contributed by atoms with Gasteiger partial charge in [0.1, 0.15) is 0 Å². The molecule has 0 radical (unpaired) electrons. The average molecular weight is 492 g/mol. The number of nitrogens with one attached hydrogen (secondary N) is 2. The molecule has 1 fully saturated rings. The van der Waals surface area contributed by atoms with Crippen LogP contribution >= 0.6 is 22.6 Å². The van der Waals surface area contributed by atoms with E-state index in [1.807, 2.05) is 53.4 Å². The molecule has 3 rings (SSSR count). The minimum absolute atomic E-state index is 0.0365. The van der Waals surface area contributed by atoms with Crippen molar-refractivity contribution in [1.29, 1.82) is 0 Å². The fourth-order valence-electron chi connectivity index (χ4n) is 3.24. The third kappa shape index (κ3) is 5.93. The van der Waals surface area contributed by atoms with Gasteiger partial charge in [-0.3, -0.25) is 9.69 Å². The van der Waals surface area contributed by atoms with Gasteiger partial charge in [0.25, 0.3) is 0 Å². The molecule has 1 saturated heterocycles. The molecule has 3 amide bonds. The van der Waals surface area contributed by atoms with Gasteiger partial charge in [0, 0.05) is 48.9 Å². The first-order valence-corrected chi connectivity index (χ1v) is 10.5. The molecule has 0 aromatic heterocycles. The maximum atomic E-state index is 12.6. The Morgan fingerprint density at radius 1 is 0.964 bits per heavy atom. The van der Waals surface area contributed by atoms with Gasteiger partial charge in [-0.25, -0.2) is 4.79 Å². The highest BCUT2D eigenvalue weighted by molar-refractivity contribution is 14.1. The van der Waals surface area contributed by atoms with Crippen LogP contribution < -0.4 is 10.6 Å². The molecule has 2 N–H and O–H groups in total. The minimum Gasteiger partial charge on any atom is -0.326 e. The number of hydrogen-bond acceptors (Lipinski definition) is 3. The summed E-state index contributed by atoms with van der Waals surface area (Å²) >= 11 is 2.23. The molecule has 7 heteroatoms. The van der Waals surface area contributed by atoms with E-state index in [1.54, 1.807) is 0 Å².